The highest BCUT2D eigenvalue weighted by Gasteiger charge is 2.71. The Morgan fingerprint density at radius 3 is 2.31 bits per heavy atom. The molecule has 8 atom stereocenters. The van der Waals surface area contributed by atoms with Crippen LogP contribution in [0.15, 0.2) is 23.3 Å². The van der Waals surface area contributed by atoms with Gasteiger partial charge in [-0.1, -0.05) is 46.3 Å². The van der Waals surface area contributed by atoms with Crippen LogP contribution < -0.4 is 0 Å². The third kappa shape index (κ3) is 3.44. The van der Waals surface area contributed by atoms with E-state index in [0.29, 0.717) is 0 Å². The number of carbonyl (C=O) groups is 3. The summed E-state index contributed by atoms with van der Waals surface area (Å²) in [6.45, 7) is 13.4. The first kappa shape index (κ1) is 28.3. The lowest BCUT2D eigenvalue weighted by atomic mass is 9.34. The van der Waals surface area contributed by atoms with Crippen LogP contribution in [0.3, 0.4) is 0 Å². The predicted molar refractivity (Wildman–Crippen MR) is 147 cm³/mol. The summed E-state index contributed by atoms with van der Waals surface area (Å²) in [6, 6.07) is 2.17. The summed E-state index contributed by atoms with van der Waals surface area (Å²) in [5.74, 6) is -0.635. The van der Waals surface area contributed by atoms with Gasteiger partial charge in [0.2, 0.25) is 0 Å². The third-order valence-corrected chi connectivity index (χ3v) is 12.7. The molecule has 212 valence electrons. The molecule has 0 spiro atoms. The zero-order valence-electron chi connectivity index (χ0n) is 25.0. The van der Waals surface area contributed by atoms with Gasteiger partial charge >= 0.3 is 5.97 Å². The number of allylic oxidation sites excluding steroid dienone is 4. The zero-order chi connectivity index (χ0) is 28.8. The van der Waals surface area contributed by atoms with Crippen molar-refractivity contribution in [2.24, 2.45) is 50.2 Å². The molecule has 0 aromatic carbocycles. The van der Waals surface area contributed by atoms with Crippen LogP contribution in [0.2, 0.25) is 0 Å². The molecule has 0 aromatic heterocycles. The van der Waals surface area contributed by atoms with Crippen LogP contribution >= 0.6 is 0 Å². The van der Waals surface area contributed by atoms with Crippen molar-refractivity contribution in [1.82, 2.24) is 0 Å². The van der Waals surface area contributed by atoms with Gasteiger partial charge in [0.05, 0.1) is 30.1 Å². The van der Waals surface area contributed by atoms with Gasteiger partial charge in [0.1, 0.15) is 6.07 Å². The molecule has 3 fully saturated rings. The summed E-state index contributed by atoms with van der Waals surface area (Å²) in [7, 11) is 3.08. The number of esters is 1. The topological polar surface area (TPSA) is 93.5 Å². The summed E-state index contributed by atoms with van der Waals surface area (Å²) in [6.07, 6.45) is 9.42. The number of nitrogens with zero attached hydrogens (tertiary/aromatic N) is 1. The van der Waals surface area contributed by atoms with Gasteiger partial charge < -0.3 is 9.47 Å². The number of methoxy groups -OCH3 is 2. The van der Waals surface area contributed by atoms with E-state index in [1.165, 1.54) is 7.11 Å². The van der Waals surface area contributed by atoms with Gasteiger partial charge in [0, 0.05) is 18.4 Å². The van der Waals surface area contributed by atoms with Crippen molar-refractivity contribution < 1.29 is 23.9 Å². The maximum absolute atomic E-state index is 14.5. The van der Waals surface area contributed by atoms with Crippen molar-refractivity contribution in [3.05, 3.63) is 23.3 Å². The number of Topliss-reactive ketones (excluding diaryl/α,β-unsaturated/α-hetero) is 1. The quantitative estimate of drug-likeness (QED) is 0.411. The van der Waals surface area contributed by atoms with Crippen LogP contribution in [0.25, 0.3) is 0 Å². The molecule has 5 rings (SSSR count). The fourth-order valence-electron chi connectivity index (χ4n) is 10.5. The van der Waals surface area contributed by atoms with Crippen molar-refractivity contribution in [3.63, 3.8) is 0 Å². The SMILES string of the molecule is COC[C@@]1(C)C(=O)C(C#N)=C[C@]2(C)C3=CC(=O)[C@H]4C5CC(C)(C)CC[C@]5(C(=O)OC)CC[C@@]4(C)[C@]3(C)CCC12. The van der Waals surface area contributed by atoms with Crippen molar-refractivity contribution in [2.45, 2.75) is 86.5 Å². The minimum atomic E-state index is -0.841. The van der Waals surface area contributed by atoms with Crippen LogP contribution in [0, 0.1) is 61.6 Å². The zero-order valence-corrected chi connectivity index (χ0v) is 25.0. The van der Waals surface area contributed by atoms with Gasteiger partial charge in [-0.05, 0) is 86.0 Å². The van der Waals surface area contributed by atoms with Gasteiger partial charge in [-0.3, -0.25) is 14.4 Å². The number of carbonyl (C=O) groups excluding carboxylic acids is 3. The Kier molecular flexibility index (Phi) is 6.25. The Morgan fingerprint density at radius 1 is 1.03 bits per heavy atom. The third-order valence-electron chi connectivity index (χ3n) is 12.7. The fourth-order valence-corrected chi connectivity index (χ4v) is 10.5. The van der Waals surface area contributed by atoms with E-state index in [1.807, 2.05) is 19.1 Å². The monoisotopic (exact) mass is 535 g/mol. The number of fused-ring (bicyclic) bond motifs is 7. The van der Waals surface area contributed by atoms with Crippen molar-refractivity contribution >= 4 is 17.5 Å². The number of nitriles is 1. The second kappa shape index (κ2) is 8.62. The molecule has 0 amide bonds. The smallest absolute Gasteiger partial charge is 0.312 e. The first-order valence-electron chi connectivity index (χ1n) is 14.6. The molecular weight excluding hydrogens is 490 g/mol. The second-order valence-corrected chi connectivity index (χ2v) is 15.0. The molecule has 5 aliphatic rings. The highest BCUT2D eigenvalue weighted by Crippen LogP contribution is 2.74. The average Bonchev–Trinajstić information content (AvgIpc) is 2.87. The summed E-state index contributed by atoms with van der Waals surface area (Å²) in [4.78, 5) is 41.4. The highest BCUT2D eigenvalue weighted by atomic mass is 16.5. The normalized spacial score (nSPS) is 46.4. The highest BCUT2D eigenvalue weighted by molar-refractivity contribution is 6.05. The van der Waals surface area contributed by atoms with Gasteiger partial charge in [-0.2, -0.15) is 5.26 Å². The molecule has 0 radical (unpaired) electrons. The number of hydrogen-bond donors (Lipinski definition) is 0. The molecule has 3 saturated carbocycles. The van der Waals surface area contributed by atoms with Gasteiger partial charge in [-0.25, -0.2) is 0 Å². The minimum Gasteiger partial charge on any atom is -0.469 e. The van der Waals surface area contributed by atoms with E-state index in [1.54, 1.807) is 7.11 Å². The van der Waals surface area contributed by atoms with Gasteiger partial charge in [0.25, 0.3) is 0 Å². The Labute approximate surface area is 233 Å². The molecule has 0 saturated heterocycles. The maximum Gasteiger partial charge on any atom is 0.312 e. The van der Waals surface area contributed by atoms with E-state index in [-0.39, 0.29) is 63.7 Å². The summed E-state index contributed by atoms with van der Waals surface area (Å²) in [5.41, 5.74) is -1.47. The maximum atomic E-state index is 14.5. The fraction of sp³-hybridized carbons (Fsp3) is 0.758. The molecular formula is C33H45NO5. The number of ether oxygens (including phenoxy) is 2. The van der Waals surface area contributed by atoms with Crippen LogP contribution in [0.4, 0.5) is 0 Å². The number of ketones is 2. The van der Waals surface area contributed by atoms with Crippen LogP contribution in [0.1, 0.15) is 86.5 Å². The van der Waals surface area contributed by atoms with E-state index in [4.69, 9.17) is 9.47 Å². The molecule has 5 aliphatic carbocycles. The Morgan fingerprint density at radius 2 is 1.69 bits per heavy atom. The van der Waals surface area contributed by atoms with E-state index in [9.17, 15) is 19.6 Å². The lowest BCUT2D eigenvalue weighted by molar-refractivity contribution is -0.191. The van der Waals surface area contributed by atoms with Gasteiger partial charge in [-0.15, -0.1) is 0 Å². The molecule has 0 heterocycles. The molecule has 2 unspecified atom stereocenters. The van der Waals surface area contributed by atoms with Crippen molar-refractivity contribution in [1.29, 1.82) is 5.26 Å². The standard InChI is InChI=1S/C33H45NO5/c1-28(2)11-13-33(27(37)39-8)14-12-32(6)25(21(33)17-28)22(35)15-24-29(3)16-20(18-34)26(36)30(4,19-38-7)23(29)9-10-31(24,32)5/h15-16,21,23,25H,9-14,17,19H2,1-8H3/t21?,23?,25-,29+,30-,31-,32-,33+/m1/s1. The first-order chi connectivity index (χ1) is 18.1. The van der Waals surface area contributed by atoms with E-state index in [0.717, 1.165) is 50.5 Å². The molecule has 0 aliphatic heterocycles. The Hall–Kier alpha value is -2.26. The lowest BCUT2D eigenvalue weighted by Crippen LogP contribution is -2.66. The summed E-state index contributed by atoms with van der Waals surface area (Å²) in [5, 5.41) is 9.99. The van der Waals surface area contributed by atoms with Crippen molar-refractivity contribution in [2.75, 3.05) is 20.8 Å². The first-order valence-corrected chi connectivity index (χ1v) is 14.6. The molecule has 39 heavy (non-hydrogen) atoms. The number of hydrogen-bond acceptors (Lipinski definition) is 6. The van der Waals surface area contributed by atoms with Gasteiger partial charge in [0.15, 0.2) is 11.6 Å². The predicted octanol–water partition coefficient (Wildman–Crippen LogP) is 6.01. The summed E-state index contributed by atoms with van der Waals surface area (Å²) >= 11 is 0. The number of rotatable bonds is 3. The van der Waals surface area contributed by atoms with Crippen LogP contribution in [-0.4, -0.2) is 38.4 Å². The largest absolute Gasteiger partial charge is 0.469 e. The average molecular weight is 536 g/mol. The van der Waals surface area contributed by atoms with E-state index >= 15 is 0 Å². The van der Waals surface area contributed by atoms with Crippen molar-refractivity contribution in [3.8, 4) is 6.07 Å². The van der Waals surface area contributed by atoms with Crippen LogP contribution in [0.5, 0.6) is 0 Å². The van der Waals surface area contributed by atoms with Crippen LogP contribution in [-0.2, 0) is 23.9 Å². The molecule has 0 bridgehead atoms. The molecule has 0 aromatic rings. The Balaban J connectivity index is 1.70. The molecule has 0 N–H and O–H groups in total. The second-order valence-electron chi connectivity index (χ2n) is 15.0. The van der Waals surface area contributed by atoms with E-state index in [2.05, 4.69) is 40.7 Å². The lowest BCUT2D eigenvalue weighted by Gasteiger charge is -2.68. The van der Waals surface area contributed by atoms with E-state index < -0.39 is 16.2 Å². The molecule has 6 nitrogen and oxygen atoms in total. The minimum absolute atomic E-state index is 0.0470. The molecule has 6 heteroatoms. The summed E-state index contributed by atoms with van der Waals surface area (Å²) < 4.78 is 11.0. The Bertz CT molecular complexity index is 1240.